The number of carbonyl (C=O) groups excluding carboxylic acids is 1. The van der Waals surface area contributed by atoms with Crippen LogP contribution in [0.25, 0.3) is 11.1 Å². The van der Waals surface area contributed by atoms with Gasteiger partial charge in [-0.3, -0.25) is 9.78 Å². The Morgan fingerprint density at radius 3 is 2.88 bits per heavy atom. The van der Waals surface area contributed by atoms with Gasteiger partial charge in [0.15, 0.2) is 5.58 Å². The van der Waals surface area contributed by atoms with Crippen molar-refractivity contribution in [2.24, 2.45) is 5.92 Å². The number of carbonyl (C=O) groups is 1. The van der Waals surface area contributed by atoms with Crippen LogP contribution in [0.4, 0.5) is 5.69 Å². The van der Waals surface area contributed by atoms with Crippen LogP contribution >= 0.6 is 0 Å². The number of para-hydroxylation sites is 1. The average Bonchev–Trinajstić information content (AvgIpc) is 2.59. The number of nitrogens with one attached hydrogen (secondary N) is 2. The smallest absolute Gasteiger partial charge is 0.408 e. The second-order valence-corrected chi connectivity index (χ2v) is 3.84. The van der Waals surface area contributed by atoms with Crippen molar-refractivity contribution in [2.75, 3.05) is 5.32 Å². The molecule has 0 spiro atoms. The number of hydrogen-bond acceptors (Lipinski definition) is 3. The summed E-state index contributed by atoms with van der Waals surface area (Å²) in [6, 6.07) is 5.10. The lowest BCUT2D eigenvalue weighted by Gasteiger charge is -2.07. The molecule has 0 aliphatic rings. The van der Waals surface area contributed by atoms with E-state index in [0.29, 0.717) is 16.8 Å². The molecule has 1 aromatic heterocycles. The Morgan fingerprint density at radius 2 is 2.19 bits per heavy atom. The molecule has 0 saturated carbocycles. The van der Waals surface area contributed by atoms with Crippen molar-refractivity contribution in [3.63, 3.8) is 0 Å². The van der Waals surface area contributed by atoms with Crippen molar-refractivity contribution in [3.05, 3.63) is 28.7 Å². The molecule has 0 fully saturated rings. The standard InChI is InChI=1S/C11H12N2O3/c1-6(2)10(14)12-7-4-3-5-8-9(7)13-11(15)16-8/h3-6H,1-2H3,(H,12,14)(H,13,15). The number of hydrogen-bond donors (Lipinski definition) is 2. The molecule has 0 aliphatic heterocycles. The lowest BCUT2D eigenvalue weighted by Crippen LogP contribution is -2.17. The van der Waals surface area contributed by atoms with E-state index >= 15 is 0 Å². The van der Waals surface area contributed by atoms with Crippen molar-refractivity contribution >= 4 is 22.7 Å². The second kappa shape index (κ2) is 3.84. The summed E-state index contributed by atoms with van der Waals surface area (Å²) < 4.78 is 4.89. The molecule has 1 amide bonds. The number of oxazole rings is 1. The zero-order valence-corrected chi connectivity index (χ0v) is 9.03. The van der Waals surface area contributed by atoms with Crippen LogP contribution in [0.2, 0.25) is 0 Å². The third kappa shape index (κ3) is 1.84. The maximum atomic E-state index is 11.5. The predicted octanol–water partition coefficient (Wildman–Crippen LogP) is 1.72. The fourth-order valence-corrected chi connectivity index (χ4v) is 1.35. The molecule has 2 aromatic rings. The van der Waals surface area contributed by atoms with Gasteiger partial charge in [0.25, 0.3) is 0 Å². The molecule has 16 heavy (non-hydrogen) atoms. The minimum absolute atomic E-state index is 0.102. The summed E-state index contributed by atoms with van der Waals surface area (Å²) >= 11 is 0. The van der Waals surface area contributed by atoms with Gasteiger partial charge < -0.3 is 9.73 Å². The SMILES string of the molecule is CC(C)C(=O)Nc1cccc2oc(=O)[nH]c12. The second-order valence-electron chi connectivity index (χ2n) is 3.84. The molecule has 0 saturated heterocycles. The summed E-state index contributed by atoms with van der Waals surface area (Å²) in [6.45, 7) is 3.60. The lowest BCUT2D eigenvalue weighted by molar-refractivity contribution is -0.118. The number of amides is 1. The van der Waals surface area contributed by atoms with Crippen molar-refractivity contribution in [1.82, 2.24) is 4.98 Å². The van der Waals surface area contributed by atoms with Crippen molar-refractivity contribution < 1.29 is 9.21 Å². The van der Waals surface area contributed by atoms with Gasteiger partial charge in [0, 0.05) is 5.92 Å². The first-order valence-electron chi connectivity index (χ1n) is 5.00. The zero-order valence-electron chi connectivity index (χ0n) is 9.03. The molecule has 5 heteroatoms. The highest BCUT2D eigenvalue weighted by Gasteiger charge is 2.11. The summed E-state index contributed by atoms with van der Waals surface area (Å²) in [5.41, 5.74) is 1.51. The molecular weight excluding hydrogens is 208 g/mol. The molecule has 2 rings (SSSR count). The van der Waals surface area contributed by atoms with E-state index in [1.807, 2.05) is 0 Å². The van der Waals surface area contributed by atoms with Gasteiger partial charge in [-0.15, -0.1) is 0 Å². The van der Waals surface area contributed by atoms with Crippen LogP contribution in [0, 0.1) is 5.92 Å². The van der Waals surface area contributed by atoms with Gasteiger partial charge in [0.05, 0.1) is 5.69 Å². The van der Waals surface area contributed by atoms with E-state index in [-0.39, 0.29) is 11.8 Å². The molecule has 84 valence electrons. The lowest BCUT2D eigenvalue weighted by atomic mass is 10.2. The number of H-pyrrole nitrogens is 1. The van der Waals surface area contributed by atoms with Crippen LogP contribution in [-0.2, 0) is 4.79 Å². The van der Waals surface area contributed by atoms with Crippen LogP contribution in [0.5, 0.6) is 0 Å². The zero-order chi connectivity index (χ0) is 11.7. The largest absolute Gasteiger partial charge is 0.417 e. The fourth-order valence-electron chi connectivity index (χ4n) is 1.35. The van der Waals surface area contributed by atoms with Crippen LogP contribution in [0.1, 0.15) is 13.8 Å². The minimum Gasteiger partial charge on any atom is -0.408 e. The monoisotopic (exact) mass is 220 g/mol. The van der Waals surface area contributed by atoms with E-state index in [2.05, 4.69) is 10.3 Å². The Labute approximate surface area is 91.5 Å². The van der Waals surface area contributed by atoms with Crippen molar-refractivity contribution in [2.45, 2.75) is 13.8 Å². The van der Waals surface area contributed by atoms with Crippen LogP contribution in [0.3, 0.4) is 0 Å². The first-order valence-corrected chi connectivity index (χ1v) is 5.00. The molecule has 0 bridgehead atoms. The highest BCUT2D eigenvalue weighted by atomic mass is 16.4. The summed E-state index contributed by atoms with van der Waals surface area (Å²) in [4.78, 5) is 25.1. The minimum atomic E-state index is -0.527. The third-order valence-corrected chi connectivity index (χ3v) is 2.24. The molecule has 0 aliphatic carbocycles. The topological polar surface area (TPSA) is 75.1 Å². The number of aromatic nitrogens is 1. The number of rotatable bonds is 2. The molecule has 2 N–H and O–H groups in total. The Hall–Kier alpha value is -2.04. The quantitative estimate of drug-likeness (QED) is 0.809. The molecule has 0 atom stereocenters. The van der Waals surface area contributed by atoms with Crippen LogP contribution in [0.15, 0.2) is 27.4 Å². The Kier molecular flexibility index (Phi) is 2.52. The first kappa shape index (κ1) is 10.5. The van der Waals surface area contributed by atoms with Gasteiger partial charge in [-0.05, 0) is 12.1 Å². The number of fused-ring (bicyclic) bond motifs is 1. The molecule has 1 heterocycles. The van der Waals surface area contributed by atoms with E-state index in [1.165, 1.54) is 0 Å². The van der Waals surface area contributed by atoms with Crippen LogP contribution < -0.4 is 11.1 Å². The maximum Gasteiger partial charge on any atom is 0.417 e. The van der Waals surface area contributed by atoms with E-state index in [1.54, 1.807) is 32.0 Å². The predicted molar refractivity (Wildman–Crippen MR) is 60.3 cm³/mol. The van der Waals surface area contributed by atoms with Gasteiger partial charge in [0.2, 0.25) is 5.91 Å². The van der Waals surface area contributed by atoms with Gasteiger partial charge in [0.1, 0.15) is 5.52 Å². The highest BCUT2D eigenvalue weighted by Crippen LogP contribution is 2.20. The van der Waals surface area contributed by atoms with E-state index in [9.17, 15) is 9.59 Å². The van der Waals surface area contributed by atoms with E-state index in [4.69, 9.17) is 4.42 Å². The van der Waals surface area contributed by atoms with Gasteiger partial charge in [-0.25, -0.2) is 4.79 Å². The molecule has 0 radical (unpaired) electrons. The summed E-state index contributed by atoms with van der Waals surface area (Å²) in [7, 11) is 0. The third-order valence-electron chi connectivity index (χ3n) is 2.24. The average molecular weight is 220 g/mol. The van der Waals surface area contributed by atoms with Gasteiger partial charge >= 0.3 is 5.76 Å². The summed E-state index contributed by atoms with van der Waals surface area (Å²) in [5, 5.41) is 2.73. The summed E-state index contributed by atoms with van der Waals surface area (Å²) in [6.07, 6.45) is 0. The Morgan fingerprint density at radius 1 is 1.44 bits per heavy atom. The first-order chi connectivity index (χ1) is 7.58. The van der Waals surface area contributed by atoms with Crippen molar-refractivity contribution in [3.8, 4) is 0 Å². The molecule has 1 aromatic carbocycles. The Balaban J connectivity index is 2.44. The Bertz CT molecular complexity index is 580. The number of anilines is 1. The fraction of sp³-hybridized carbons (Fsp3) is 0.273. The van der Waals surface area contributed by atoms with E-state index in [0.717, 1.165) is 0 Å². The highest BCUT2D eigenvalue weighted by molar-refractivity contribution is 5.99. The van der Waals surface area contributed by atoms with Crippen LogP contribution in [-0.4, -0.2) is 10.9 Å². The van der Waals surface area contributed by atoms with Gasteiger partial charge in [-0.1, -0.05) is 19.9 Å². The maximum absolute atomic E-state index is 11.5. The molecule has 5 nitrogen and oxygen atoms in total. The molecular formula is C11H12N2O3. The number of aromatic amines is 1. The normalized spacial score (nSPS) is 10.9. The van der Waals surface area contributed by atoms with E-state index < -0.39 is 5.76 Å². The van der Waals surface area contributed by atoms with Gasteiger partial charge in [-0.2, -0.15) is 0 Å². The van der Waals surface area contributed by atoms with Crippen molar-refractivity contribution in [1.29, 1.82) is 0 Å². The number of benzene rings is 1. The summed E-state index contributed by atoms with van der Waals surface area (Å²) in [5.74, 6) is -0.746. The molecule has 0 unspecified atom stereocenters.